The van der Waals surface area contributed by atoms with Crippen molar-refractivity contribution >= 4 is 11.6 Å². The van der Waals surface area contributed by atoms with Crippen molar-refractivity contribution in [1.82, 2.24) is 19.9 Å². The summed E-state index contributed by atoms with van der Waals surface area (Å²) >= 11 is 0. The van der Waals surface area contributed by atoms with E-state index >= 15 is 0 Å². The van der Waals surface area contributed by atoms with E-state index in [0.717, 1.165) is 11.1 Å². The first kappa shape index (κ1) is 12.3. The lowest BCUT2D eigenvalue weighted by molar-refractivity contribution is 0.0952. The monoisotopic (exact) mass is 266 g/mol. The molecule has 1 N–H and O–H groups in total. The highest BCUT2D eigenvalue weighted by Gasteiger charge is 2.13. The van der Waals surface area contributed by atoms with Gasteiger partial charge < -0.3 is 5.32 Å². The van der Waals surface area contributed by atoms with Crippen LogP contribution in [-0.2, 0) is 6.54 Å². The molecule has 0 fully saturated rings. The van der Waals surface area contributed by atoms with Gasteiger partial charge in [0.25, 0.3) is 5.91 Å². The van der Waals surface area contributed by atoms with Gasteiger partial charge in [-0.15, -0.1) is 0 Å². The van der Waals surface area contributed by atoms with Crippen molar-refractivity contribution < 1.29 is 4.79 Å². The number of fused-ring (bicyclic) bond motifs is 1. The van der Waals surface area contributed by atoms with E-state index < -0.39 is 0 Å². The van der Waals surface area contributed by atoms with Crippen LogP contribution in [0.3, 0.4) is 0 Å². The second-order valence-electron chi connectivity index (χ2n) is 4.56. The van der Waals surface area contributed by atoms with Crippen molar-refractivity contribution in [2.24, 2.45) is 0 Å². The lowest BCUT2D eigenvalue weighted by atomic mass is 10.1. The number of hydrogen-bond donors (Lipinski definition) is 1. The zero-order valence-corrected chi connectivity index (χ0v) is 11.1. The largest absolute Gasteiger partial charge is 0.348 e. The molecule has 3 aromatic rings. The molecule has 5 nitrogen and oxygen atoms in total. The molecule has 100 valence electrons. The maximum absolute atomic E-state index is 12.2. The average molecular weight is 266 g/mol. The Bertz CT molecular complexity index is 763. The van der Waals surface area contributed by atoms with Crippen LogP contribution in [0.15, 0.2) is 48.9 Å². The Hall–Kier alpha value is -2.69. The highest BCUT2D eigenvalue weighted by molar-refractivity contribution is 5.99. The molecule has 1 amide bonds. The van der Waals surface area contributed by atoms with Crippen LogP contribution < -0.4 is 5.32 Å². The van der Waals surface area contributed by atoms with Gasteiger partial charge in [0, 0.05) is 18.9 Å². The predicted octanol–water partition coefficient (Wildman–Crippen LogP) is 1.97. The fourth-order valence-corrected chi connectivity index (χ4v) is 2.07. The van der Waals surface area contributed by atoms with E-state index in [2.05, 4.69) is 15.4 Å². The van der Waals surface area contributed by atoms with Crippen molar-refractivity contribution in [3.8, 4) is 0 Å². The van der Waals surface area contributed by atoms with E-state index in [1.807, 2.05) is 31.2 Å². The predicted molar refractivity (Wildman–Crippen MR) is 75.3 cm³/mol. The van der Waals surface area contributed by atoms with Gasteiger partial charge in [-0.1, -0.05) is 24.3 Å². The number of aryl methyl sites for hydroxylation is 1. The molecule has 20 heavy (non-hydrogen) atoms. The summed E-state index contributed by atoms with van der Waals surface area (Å²) in [6.45, 7) is 2.52. The molecule has 0 radical (unpaired) electrons. The van der Waals surface area contributed by atoms with Crippen LogP contribution in [-0.4, -0.2) is 20.5 Å². The lowest BCUT2D eigenvalue weighted by Gasteiger charge is -2.06. The number of hydrogen-bond acceptors (Lipinski definition) is 3. The van der Waals surface area contributed by atoms with E-state index in [9.17, 15) is 4.79 Å². The molecule has 2 aromatic heterocycles. The van der Waals surface area contributed by atoms with Gasteiger partial charge in [0.15, 0.2) is 5.65 Å². The number of carbonyl (C=O) groups is 1. The third kappa shape index (κ3) is 2.25. The first-order chi connectivity index (χ1) is 9.75. The number of aromatic nitrogens is 3. The Balaban J connectivity index is 1.79. The van der Waals surface area contributed by atoms with Crippen LogP contribution in [0.25, 0.3) is 5.65 Å². The molecule has 2 heterocycles. The van der Waals surface area contributed by atoms with Crippen LogP contribution >= 0.6 is 0 Å². The van der Waals surface area contributed by atoms with Crippen molar-refractivity contribution in [3.05, 3.63) is 65.6 Å². The van der Waals surface area contributed by atoms with Crippen LogP contribution in [0, 0.1) is 6.92 Å². The summed E-state index contributed by atoms with van der Waals surface area (Å²) in [5, 5.41) is 7.01. The Morgan fingerprint density at radius 3 is 3.00 bits per heavy atom. The molecule has 0 saturated carbocycles. The van der Waals surface area contributed by atoms with Gasteiger partial charge >= 0.3 is 0 Å². The van der Waals surface area contributed by atoms with Crippen molar-refractivity contribution in [2.75, 3.05) is 0 Å². The van der Waals surface area contributed by atoms with Gasteiger partial charge in [0.2, 0.25) is 0 Å². The highest BCUT2D eigenvalue weighted by Crippen LogP contribution is 2.09. The minimum Gasteiger partial charge on any atom is -0.348 e. The Labute approximate surface area is 116 Å². The van der Waals surface area contributed by atoms with Crippen molar-refractivity contribution in [2.45, 2.75) is 13.5 Å². The third-order valence-electron chi connectivity index (χ3n) is 3.22. The molecule has 0 aliphatic rings. The van der Waals surface area contributed by atoms with Crippen molar-refractivity contribution in [1.29, 1.82) is 0 Å². The highest BCUT2D eigenvalue weighted by atomic mass is 16.1. The molecule has 0 bridgehead atoms. The van der Waals surface area contributed by atoms with Crippen molar-refractivity contribution in [3.63, 3.8) is 0 Å². The first-order valence-electron chi connectivity index (χ1n) is 6.37. The molecule has 0 aliphatic heterocycles. The van der Waals surface area contributed by atoms with Crippen LogP contribution in [0.1, 0.15) is 21.5 Å². The van der Waals surface area contributed by atoms with Gasteiger partial charge in [-0.25, -0.2) is 9.50 Å². The maximum atomic E-state index is 12.2. The van der Waals surface area contributed by atoms with Gasteiger partial charge in [-0.3, -0.25) is 4.79 Å². The summed E-state index contributed by atoms with van der Waals surface area (Å²) in [7, 11) is 0. The summed E-state index contributed by atoms with van der Waals surface area (Å²) in [6, 6.07) is 9.75. The summed E-state index contributed by atoms with van der Waals surface area (Å²) in [6.07, 6.45) is 4.95. The van der Waals surface area contributed by atoms with E-state index in [-0.39, 0.29) is 5.91 Å². The number of rotatable bonds is 3. The van der Waals surface area contributed by atoms with Crippen LogP contribution in [0.2, 0.25) is 0 Å². The molecule has 0 saturated heterocycles. The van der Waals surface area contributed by atoms with E-state index in [1.165, 1.54) is 6.20 Å². The zero-order chi connectivity index (χ0) is 13.9. The van der Waals surface area contributed by atoms with E-state index in [0.29, 0.717) is 17.8 Å². The van der Waals surface area contributed by atoms with Gasteiger partial charge in [-0.05, 0) is 24.1 Å². The summed E-state index contributed by atoms with van der Waals surface area (Å²) < 4.78 is 1.59. The molecule has 5 heteroatoms. The summed E-state index contributed by atoms with van der Waals surface area (Å²) in [4.78, 5) is 16.4. The van der Waals surface area contributed by atoms with Gasteiger partial charge in [0.1, 0.15) is 5.56 Å². The van der Waals surface area contributed by atoms with E-state index in [4.69, 9.17) is 0 Å². The summed E-state index contributed by atoms with van der Waals surface area (Å²) in [5.74, 6) is -0.165. The molecular weight excluding hydrogens is 252 g/mol. The fraction of sp³-hybridized carbons (Fsp3) is 0.133. The normalized spacial score (nSPS) is 10.7. The fourth-order valence-electron chi connectivity index (χ4n) is 2.07. The summed E-state index contributed by atoms with van der Waals surface area (Å²) in [5.41, 5.74) is 3.31. The SMILES string of the molecule is Cc1ccccc1CNC(=O)c1cnn2cccnc12. The Kier molecular flexibility index (Phi) is 3.16. The molecule has 3 rings (SSSR count). The average Bonchev–Trinajstić information content (AvgIpc) is 2.90. The second-order valence-corrected chi connectivity index (χ2v) is 4.56. The number of benzene rings is 1. The Morgan fingerprint density at radius 1 is 1.30 bits per heavy atom. The maximum Gasteiger partial charge on any atom is 0.257 e. The molecule has 0 atom stereocenters. The number of amides is 1. The van der Waals surface area contributed by atoms with E-state index in [1.54, 1.807) is 23.0 Å². The molecule has 0 unspecified atom stereocenters. The topological polar surface area (TPSA) is 59.3 Å². The molecule has 1 aromatic carbocycles. The quantitative estimate of drug-likeness (QED) is 0.788. The Morgan fingerprint density at radius 2 is 2.15 bits per heavy atom. The molecule has 0 aliphatic carbocycles. The minimum absolute atomic E-state index is 0.165. The zero-order valence-electron chi connectivity index (χ0n) is 11.1. The standard InChI is InChI=1S/C15H14N4O/c1-11-5-2-3-6-12(11)9-17-15(20)13-10-18-19-8-4-7-16-14(13)19/h2-8,10H,9H2,1H3,(H,17,20). The van der Waals surface area contributed by atoms with Crippen LogP contribution in [0.5, 0.6) is 0 Å². The smallest absolute Gasteiger partial charge is 0.257 e. The minimum atomic E-state index is -0.165. The third-order valence-corrected chi connectivity index (χ3v) is 3.22. The second kappa shape index (κ2) is 5.13. The number of nitrogens with zero attached hydrogens (tertiary/aromatic N) is 3. The van der Waals surface area contributed by atoms with Gasteiger partial charge in [-0.2, -0.15) is 5.10 Å². The number of nitrogens with one attached hydrogen (secondary N) is 1. The van der Waals surface area contributed by atoms with Gasteiger partial charge in [0.05, 0.1) is 6.20 Å². The lowest BCUT2D eigenvalue weighted by Crippen LogP contribution is -2.23. The van der Waals surface area contributed by atoms with Crippen LogP contribution in [0.4, 0.5) is 0 Å². The first-order valence-corrected chi connectivity index (χ1v) is 6.37. The molecule has 0 spiro atoms. The molecular formula is C15H14N4O. The number of carbonyl (C=O) groups excluding carboxylic acids is 1.